The average Bonchev–Trinajstić information content (AvgIpc) is 3.32. The van der Waals surface area contributed by atoms with Crippen LogP contribution in [-0.4, -0.2) is 0 Å². The van der Waals surface area contributed by atoms with E-state index in [4.69, 9.17) is 16.0 Å². The summed E-state index contributed by atoms with van der Waals surface area (Å²) < 4.78 is 6.62. The second kappa shape index (κ2) is 6.50. The molecule has 0 unspecified atom stereocenters. The van der Waals surface area contributed by atoms with Gasteiger partial charge in [0.1, 0.15) is 11.2 Å². The molecule has 0 radical (unpaired) electrons. The van der Waals surface area contributed by atoms with Gasteiger partial charge in [-0.2, -0.15) is 0 Å². The Bertz CT molecular complexity index is 1750. The van der Waals surface area contributed by atoms with E-state index in [9.17, 15) is 0 Å². The topological polar surface area (TPSA) is 13.1 Å². The Morgan fingerprint density at radius 2 is 1.42 bits per heavy atom. The minimum Gasteiger partial charge on any atom is -0.455 e. The largest absolute Gasteiger partial charge is 0.455 e. The van der Waals surface area contributed by atoms with E-state index in [2.05, 4.69) is 92.7 Å². The molecule has 5 aromatic carbocycles. The molecule has 158 valence electrons. The fourth-order valence-electron chi connectivity index (χ4n) is 5.73. The van der Waals surface area contributed by atoms with Gasteiger partial charge in [-0.05, 0) is 62.9 Å². The molecule has 1 aliphatic rings. The first kappa shape index (κ1) is 19.0. The zero-order valence-corrected chi connectivity index (χ0v) is 19.2. The third-order valence-corrected chi connectivity index (χ3v) is 7.56. The third kappa shape index (κ3) is 2.49. The number of rotatable bonds is 1. The summed E-state index contributed by atoms with van der Waals surface area (Å²) in [6.45, 7) is 4.57. The molecule has 33 heavy (non-hydrogen) atoms. The molecule has 1 aliphatic carbocycles. The molecule has 0 amide bonds. The van der Waals surface area contributed by atoms with Crippen molar-refractivity contribution in [2.45, 2.75) is 19.3 Å². The molecule has 0 spiro atoms. The van der Waals surface area contributed by atoms with Crippen LogP contribution < -0.4 is 0 Å². The average molecular weight is 445 g/mol. The maximum absolute atomic E-state index is 6.62. The fraction of sp³-hybridized carbons (Fsp3) is 0.0968. The van der Waals surface area contributed by atoms with Crippen LogP contribution in [-0.2, 0) is 5.41 Å². The highest BCUT2D eigenvalue weighted by molar-refractivity contribution is 6.31. The molecular weight excluding hydrogens is 424 g/mol. The maximum Gasteiger partial charge on any atom is 0.144 e. The van der Waals surface area contributed by atoms with Crippen molar-refractivity contribution >= 4 is 44.3 Å². The Kier molecular flexibility index (Phi) is 3.73. The van der Waals surface area contributed by atoms with Crippen LogP contribution in [0.2, 0.25) is 5.02 Å². The molecule has 7 rings (SSSR count). The van der Waals surface area contributed by atoms with Gasteiger partial charge in [-0.3, -0.25) is 0 Å². The van der Waals surface area contributed by atoms with Crippen LogP contribution in [0.3, 0.4) is 0 Å². The molecule has 1 aromatic heterocycles. The minimum atomic E-state index is -0.179. The Balaban J connectivity index is 1.71. The normalized spacial score (nSPS) is 14.2. The highest BCUT2D eigenvalue weighted by atomic mass is 35.5. The van der Waals surface area contributed by atoms with Crippen LogP contribution in [0, 0.1) is 0 Å². The molecule has 0 bridgehead atoms. The van der Waals surface area contributed by atoms with Gasteiger partial charge < -0.3 is 4.42 Å². The lowest BCUT2D eigenvalue weighted by Crippen LogP contribution is -2.15. The van der Waals surface area contributed by atoms with E-state index < -0.39 is 0 Å². The third-order valence-electron chi connectivity index (χ3n) is 7.33. The lowest BCUT2D eigenvalue weighted by Gasteiger charge is -2.22. The summed E-state index contributed by atoms with van der Waals surface area (Å²) in [6.07, 6.45) is 0. The van der Waals surface area contributed by atoms with Crippen molar-refractivity contribution in [1.82, 2.24) is 0 Å². The van der Waals surface area contributed by atoms with E-state index in [1.165, 1.54) is 49.5 Å². The molecule has 0 fully saturated rings. The number of benzene rings is 5. The Hall–Kier alpha value is -3.55. The lowest BCUT2D eigenvalue weighted by atomic mass is 9.80. The Labute approximate surface area is 197 Å². The summed E-state index contributed by atoms with van der Waals surface area (Å²) in [5.74, 6) is 0. The number of halogens is 1. The maximum atomic E-state index is 6.62. The standard InChI is InChI=1S/C31H21ClO/c1-31(2)25-16-19(32)14-15-22(25)29-26(31)17-24(21-12-7-9-18-8-3-4-10-20(18)21)28-23-11-5-6-13-27(23)33-30(28)29/h3-17H,1-2H3. The van der Waals surface area contributed by atoms with Gasteiger partial charge in [0.15, 0.2) is 0 Å². The van der Waals surface area contributed by atoms with Gasteiger partial charge in [-0.15, -0.1) is 0 Å². The lowest BCUT2D eigenvalue weighted by molar-refractivity contribution is 0.653. The number of hydrogen-bond acceptors (Lipinski definition) is 1. The summed E-state index contributed by atoms with van der Waals surface area (Å²) in [7, 11) is 0. The SMILES string of the molecule is CC1(C)c2cc(Cl)ccc2-c2c1cc(-c1cccc3ccccc13)c1c2oc2ccccc21. The van der Waals surface area contributed by atoms with Gasteiger partial charge in [0.05, 0.1) is 0 Å². The first-order valence-electron chi connectivity index (χ1n) is 11.3. The first-order chi connectivity index (χ1) is 16.0. The number of para-hydroxylation sites is 1. The zero-order chi connectivity index (χ0) is 22.3. The first-order valence-corrected chi connectivity index (χ1v) is 11.7. The molecule has 0 saturated carbocycles. The molecule has 2 heteroatoms. The number of fused-ring (bicyclic) bond motifs is 8. The molecule has 1 nitrogen and oxygen atoms in total. The molecule has 0 N–H and O–H groups in total. The quantitative estimate of drug-likeness (QED) is 0.246. The highest BCUT2D eigenvalue weighted by Crippen LogP contribution is 2.55. The molecule has 6 aromatic rings. The predicted octanol–water partition coefficient (Wildman–Crippen LogP) is 9.37. The molecule has 0 aliphatic heterocycles. The number of furan rings is 1. The molecular formula is C31H21ClO. The summed E-state index contributed by atoms with van der Waals surface area (Å²) in [6, 6.07) is 32.2. The summed E-state index contributed by atoms with van der Waals surface area (Å²) >= 11 is 6.45. The zero-order valence-electron chi connectivity index (χ0n) is 18.4. The van der Waals surface area contributed by atoms with Crippen molar-refractivity contribution in [3.05, 3.63) is 107 Å². The van der Waals surface area contributed by atoms with Crippen LogP contribution in [0.15, 0.2) is 95.4 Å². The van der Waals surface area contributed by atoms with E-state index >= 15 is 0 Å². The summed E-state index contributed by atoms with van der Waals surface area (Å²) in [5.41, 5.74) is 9.11. The highest BCUT2D eigenvalue weighted by Gasteiger charge is 2.39. The van der Waals surface area contributed by atoms with Gasteiger partial charge >= 0.3 is 0 Å². The number of hydrogen-bond donors (Lipinski definition) is 0. The molecule has 1 heterocycles. The van der Waals surface area contributed by atoms with E-state index in [1.54, 1.807) is 0 Å². The van der Waals surface area contributed by atoms with Gasteiger partial charge in [0.2, 0.25) is 0 Å². The van der Waals surface area contributed by atoms with Gasteiger partial charge in [-0.1, -0.05) is 92.2 Å². The van der Waals surface area contributed by atoms with Crippen molar-refractivity contribution in [1.29, 1.82) is 0 Å². The van der Waals surface area contributed by atoms with E-state index in [-0.39, 0.29) is 5.41 Å². The Morgan fingerprint density at radius 1 is 0.667 bits per heavy atom. The van der Waals surface area contributed by atoms with Crippen LogP contribution in [0.25, 0.3) is 55.0 Å². The predicted molar refractivity (Wildman–Crippen MR) is 139 cm³/mol. The van der Waals surface area contributed by atoms with E-state index in [1.807, 2.05) is 12.1 Å². The minimum absolute atomic E-state index is 0.179. The van der Waals surface area contributed by atoms with Crippen molar-refractivity contribution < 1.29 is 4.42 Å². The van der Waals surface area contributed by atoms with Crippen LogP contribution >= 0.6 is 11.6 Å². The Morgan fingerprint density at radius 3 is 2.30 bits per heavy atom. The van der Waals surface area contributed by atoms with E-state index in [0.717, 1.165) is 21.6 Å². The van der Waals surface area contributed by atoms with Crippen LogP contribution in [0.1, 0.15) is 25.0 Å². The monoisotopic (exact) mass is 444 g/mol. The van der Waals surface area contributed by atoms with Crippen molar-refractivity contribution in [3.63, 3.8) is 0 Å². The van der Waals surface area contributed by atoms with Crippen molar-refractivity contribution in [3.8, 4) is 22.3 Å². The second-order valence-electron chi connectivity index (χ2n) is 9.49. The summed E-state index contributed by atoms with van der Waals surface area (Å²) in [5, 5.41) is 5.59. The van der Waals surface area contributed by atoms with Crippen molar-refractivity contribution in [2.24, 2.45) is 0 Å². The second-order valence-corrected chi connectivity index (χ2v) is 9.93. The van der Waals surface area contributed by atoms with Gasteiger partial charge in [-0.25, -0.2) is 0 Å². The van der Waals surface area contributed by atoms with Crippen molar-refractivity contribution in [2.75, 3.05) is 0 Å². The smallest absolute Gasteiger partial charge is 0.144 e. The van der Waals surface area contributed by atoms with Crippen LogP contribution in [0.5, 0.6) is 0 Å². The van der Waals surface area contributed by atoms with E-state index in [0.29, 0.717) is 0 Å². The fourth-order valence-corrected chi connectivity index (χ4v) is 5.90. The molecule has 0 atom stereocenters. The van der Waals surface area contributed by atoms with Gasteiger partial charge in [0.25, 0.3) is 0 Å². The molecule has 0 saturated heterocycles. The van der Waals surface area contributed by atoms with Gasteiger partial charge in [0, 0.05) is 26.8 Å². The van der Waals surface area contributed by atoms with Crippen LogP contribution in [0.4, 0.5) is 0 Å². The summed E-state index contributed by atoms with van der Waals surface area (Å²) in [4.78, 5) is 0.